The topological polar surface area (TPSA) is 57.6 Å². The molecule has 2 aromatic rings. The predicted molar refractivity (Wildman–Crippen MR) is 72.5 cm³/mol. The number of rotatable bonds is 3. The van der Waals surface area contributed by atoms with Crippen LogP contribution in [0.5, 0.6) is 0 Å². The molecule has 2 rings (SSSR count). The smallest absolute Gasteiger partial charge is 0.335 e. The van der Waals surface area contributed by atoms with Crippen LogP contribution in [0.2, 0.25) is 0 Å². The average Bonchev–Trinajstić information content (AvgIpc) is 2.46. The molecular formula is C15H11F2NO3. The lowest BCUT2D eigenvalue weighted by atomic mass is 10.1. The third kappa shape index (κ3) is 3.05. The van der Waals surface area contributed by atoms with Crippen LogP contribution >= 0.6 is 0 Å². The van der Waals surface area contributed by atoms with Gasteiger partial charge in [0.2, 0.25) is 0 Å². The van der Waals surface area contributed by atoms with Crippen molar-refractivity contribution in [3.63, 3.8) is 0 Å². The van der Waals surface area contributed by atoms with Crippen LogP contribution < -0.4 is 4.90 Å². The highest BCUT2D eigenvalue weighted by Crippen LogP contribution is 2.18. The van der Waals surface area contributed by atoms with Gasteiger partial charge in [-0.25, -0.2) is 13.6 Å². The lowest BCUT2D eigenvalue weighted by Gasteiger charge is -2.18. The summed E-state index contributed by atoms with van der Waals surface area (Å²) in [4.78, 5) is 24.0. The Morgan fingerprint density at radius 3 is 2.19 bits per heavy atom. The first-order valence-corrected chi connectivity index (χ1v) is 5.96. The van der Waals surface area contributed by atoms with Gasteiger partial charge >= 0.3 is 5.97 Å². The molecule has 2 aromatic carbocycles. The Morgan fingerprint density at radius 1 is 1.05 bits per heavy atom. The lowest BCUT2D eigenvalue weighted by molar-refractivity contribution is 0.0696. The normalized spacial score (nSPS) is 10.2. The summed E-state index contributed by atoms with van der Waals surface area (Å²) in [6.45, 7) is 0. The molecule has 0 spiro atoms. The number of anilines is 1. The van der Waals surface area contributed by atoms with Gasteiger partial charge < -0.3 is 10.0 Å². The van der Waals surface area contributed by atoms with E-state index in [4.69, 9.17) is 5.11 Å². The standard InChI is InChI=1S/C15H11F2NO3/c1-18(11-5-2-9(3-6-11)15(20)21)14(19)12-7-4-10(16)8-13(12)17/h2-8H,1H3,(H,20,21). The van der Waals surface area contributed by atoms with Crippen molar-refractivity contribution in [2.24, 2.45) is 0 Å². The maximum atomic E-state index is 13.6. The molecule has 0 aliphatic rings. The van der Waals surface area contributed by atoms with Crippen LogP contribution in [0.15, 0.2) is 42.5 Å². The summed E-state index contributed by atoms with van der Waals surface area (Å²) in [7, 11) is 1.42. The van der Waals surface area contributed by atoms with Crippen molar-refractivity contribution >= 4 is 17.6 Å². The van der Waals surface area contributed by atoms with E-state index in [9.17, 15) is 18.4 Å². The summed E-state index contributed by atoms with van der Waals surface area (Å²) in [6.07, 6.45) is 0. The van der Waals surface area contributed by atoms with Gasteiger partial charge in [0.15, 0.2) is 0 Å². The molecule has 0 saturated carbocycles. The average molecular weight is 291 g/mol. The molecule has 0 aliphatic carbocycles. The first kappa shape index (κ1) is 14.6. The van der Waals surface area contributed by atoms with Gasteiger partial charge in [0, 0.05) is 18.8 Å². The summed E-state index contributed by atoms with van der Waals surface area (Å²) in [6, 6.07) is 8.23. The number of amides is 1. The Labute approximate surface area is 119 Å². The fraction of sp³-hybridized carbons (Fsp3) is 0.0667. The van der Waals surface area contributed by atoms with Gasteiger partial charge in [-0.2, -0.15) is 0 Å². The summed E-state index contributed by atoms with van der Waals surface area (Å²) < 4.78 is 26.4. The van der Waals surface area contributed by atoms with E-state index in [1.165, 1.54) is 31.3 Å². The summed E-state index contributed by atoms with van der Waals surface area (Å²) in [5, 5.41) is 8.80. The third-order valence-corrected chi connectivity index (χ3v) is 2.97. The molecule has 21 heavy (non-hydrogen) atoms. The zero-order chi connectivity index (χ0) is 15.6. The van der Waals surface area contributed by atoms with Gasteiger partial charge in [-0.3, -0.25) is 4.79 Å². The molecule has 6 heteroatoms. The van der Waals surface area contributed by atoms with Crippen molar-refractivity contribution in [1.29, 1.82) is 0 Å². The second-order valence-corrected chi connectivity index (χ2v) is 4.34. The van der Waals surface area contributed by atoms with Crippen molar-refractivity contribution in [3.8, 4) is 0 Å². The predicted octanol–water partition coefficient (Wildman–Crippen LogP) is 2.94. The monoisotopic (exact) mass is 291 g/mol. The number of carbonyl (C=O) groups is 2. The maximum Gasteiger partial charge on any atom is 0.335 e. The van der Waals surface area contributed by atoms with E-state index >= 15 is 0 Å². The number of halogens is 2. The Morgan fingerprint density at radius 2 is 1.67 bits per heavy atom. The highest BCUT2D eigenvalue weighted by molar-refractivity contribution is 6.06. The van der Waals surface area contributed by atoms with Gasteiger partial charge in [-0.1, -0.05) is 0 Å². The van der Waals surface area contributed by atoms with Crippen molar-refractivity contribution in [2.75, 3.05) is 11.9 Å². The fourth-order valence-electron chi connectivity index (χ4n) is 1.79. The van der Waals surface area contributed by atoms with Crippen LogP contribution in [0.25, 0.3) is 0 Å². The molecule has 0 atom stereocenters. The first-order chi connectivity index (χ1) is 9.90. The van der Waals surface area contributed by atoms with Gasteiger partial charge in [0.25, 0.3) is 5.91 Å². The van der Waals surface area contributed by atoms with Crippen LogP contribution in [0.3, 0.4) is 0 Å². The molecule has 108 valence electrons. The van der Waals surface area contributed by atoms with Gasteiger partial charge in [0.1, 0.15) is 11.6 Å². The minimum atomic E-state index is -1.08. The second-order valence-electron chi connectivity index (χ2n) is 4.34. The molecule has 1 amide bonds. The van der Waals surface area contributed by atoms with Crippen molar-refractivity contribution in [3.05, 3.63) is 65.2 Å². The molecule has 0 heterocycles. The highest BCUT2D eigenvalue weighted by Gasteiger charge is 2.18. The van der Waals surface area contributed by atoms with E-state index < -0.39 is 23.5 Å². The molecule has 0 bridgehead atoms. The van der Waals surface area contributed by atoms with Crippen LogP contribution in [0, 0.1) is 11.6 Å². The van der Waals surface area contributed by atoms with Crippen LogP contribution in [-0.2, 0) is 0 Å². The summed E-state index contributed by atoms with van der Waals surface area (Å²) in [5.41, 5.74) is 0.211. The Balaban J connectivity index is 2.28. The highest BCUT2D eigenvalue weighted by atomic mass is 19.1. The number of hydrogen-bond donors (Lipinski definition) is 1. The van der Waals surface area contributed by atoms with Crippen LogP contribution in [-0.4, -0.2) is 24.0 Å². The fourth-order valence-corrected chi connectivity index (χ4v) is 1.79. The zero-order valence-corrected chi connectivity index (χ0v) is 11.0. The molecule has 0 aliphatic heterocycles. The molecular weight excluding hydrogens is 280 g/mol. The van der Waals surface area contributed by atoms with Gasteiger partial charge in [-0.05, 0) is 36.4 Å². The number of aromatic carboxylic acids is 1. The van der Waals surface area contributed by atoms with E-state index in [1.807, 2.05) is 0 Å². The second kappa shape index (κ2) is 5.70. The molecule has 1 N–H and O–H groups in total. The number of nitrogens with zero attached hydrogens (tertiary/aromatic N) is 1. The number of carboxylic acids is 1. The summed E-state index contributed by atoms with van der Waals surface area (Å²) in [5.74, 6) is -3.46. The van der Waals surface area contributed by atoms with E-state index in [0.717, 1.165) is 17.0 Å². The SMILES string of the molecule is CN(C(=O)c1ccc(F)cc1F)c1ccc(C(=O)O)cc1. The van der Waals surface area contributed by atoms with E-state index in [0.29, 0.717) is 11.8 Å². The van der Waals surface area contributed by atoms with Gasteiger partial charge in [-0.15, -0.1) is 0 Å². The minimum absolute atomic E-state index is 0.0764. The largest absolute Gasteiger partial charge is 0.478 e. The summed E-state index contributed by atoms with van der Waals surface area (Å²) >= 11 is 0. The van der Waals surface area contributed by atoms with E-state index in [1.54, 1.807) is 0 Å². The molecule has 0 radical (unpaired) electrons. The minimum Gasteiger partial charge on any atom is -0.478 e. The Kier molecular flexibility index (Phi) is 3.98. The quantitative estimate of drug-likeness (QED) is 0.946. The number of carboxylic acid groups (broad SMARTS) is 1. The van der Waals surface area contributed by atoms with E-state index in [-0.39, 0.29) is 11.1 Å². The van der Waals surface area contributed by atoms with Crippen molar-refractivity contribution < 1.29 is 23.5 Å². The first-order valence-electron chi connectivity index (χ1n) is 5.96. The number of benzene rings is 2. The van der Waals surface area contributed by atoms with Gasteiger partial charge in [0.05, 0.1) is 11.1 Å². The molecule has 0 unspecified atom stereocenters. The zero-order valence-electron chi connectivity index (χ0n) is 11.0. The van der Waals surface area contributed by atoms with Crippen LogP contribution in [0.1, 0.15) is 20.7 Å². The van der Waals surface area contributed by atoms with E-state index in [2.05, 4.69) is 0 Å². The molecule has 4 nitrogen and oxygen atoms in total. The molecule has 0 saturated heterocycles. The Bertz CT molecular complexity index is 699. The lowest BCUT2D eigenvalue weighted by Crippen LogP contribution is -2.27. The van der Waals surface area contributed by atoms with Crippen molar-refractivity contribution in [2.45, 2.75) is 0 Å². The number of carbonyl (C=O) groups excluding carboxylic acids is 1. The Hall–Kier alpha value is -2.76. The molecule has 0 fully saturated rings. The van der Waals surface area contributed by atoms with Crippen LogP contribution in [0.4, 0.5) is 14.5 Å². The molecule has 0 aromatic heterocycles. The van der Waals surface area contributed by atoms with Crippen molar-refractivity contribution in [1.82, 2.24) is 0 Å². The number of hydrogen-bond acceptors (Lipinski definition) is 2. The third-order valence-electron chi connectivity index (χ3n) is 2.97. The maximum absolute atomic E-state index is 13.6.